The highest BCUT2D eigenvalue weighted by Crippen LogP contribution is 2.37. The molecule has 10 heteroatoms. The molecule has 0 radical (unpaired) electrons. The molecular weight excluding hydrogens is 532 g/mol. The number of thiazole rings is 1. The number of aryl methyl sites for hydroxylation is 2. The fourth-order valence-corrected chi connectivity index (χ4v) is 5.07. The normalized spacial score (nSPS) is 13.1. The Labute approximate surface area is 213 Å². The van der Waals surface area contributed by atoms with Gasteiger partial charge in [0.05, 0.1) is 34.1 Å². The van der Waals surface area contributed by atoms with Gasteiger partial charge in [0.1, 0.15) is 0 Å². The third-order valence-electron chi connectivity index (χ3n) is 5.51. The topological polar surface area (TPSA) is 91.2 Å². The molecule has 0 saturated carbocycles. The maximum absolute atomic E-state index is 11.7. The van der Waals surface area contributed by atoms with Crippen molar-refractivity contribution >= 4 is 44.9 Å². The van der Waals surface area contributed by atoms with E-state index in [4.69, 9.17) is 14.5 Å². The van der Waals surface area contributed by atoms with E-state index < -0.39 is 4.92 Å². The molecule has 0 bridgehead atoms. The molecule has 1 aliphatic heterocycles. The van der Waals surface area contributed by atoms with Crippen molar-refractivity contribution in [2.75, 3.05) is 6.79 Å². The zero-order valence-corrected chi connectivity index (χ0v) is 21.2. The van der Waals surface area contributed by atoms with Crippen LogP contribution < -0.4 is 14.3 Å². The van der Waals surface area contributed by atoms with Gasteiger partial charge in [0.2, 0.25) is 11.6 Å². The van der Waals surface area contributed by atoms with E-state index in [0.717, 1.165) is 32.5 Å². The van der Waals surface area contributed by atoms with Crippen LogP contribution in [-0.2, 0) is 0 Å². The number of nitro groups is 1. The summed E-state index contributed by atoms with van der Waals surface area (Å²) in [4.78, 5) is 16.8. The minimum atomic E-state index is -0.460. The maximum atomic E-state index is 11.7. The molecule has 0 spiro atoms. The fraction of sp³-hybridized carbons (Fsp3) is 0.120. The molecule has 35 heavy (non-hydrogen) atoms. The van der Waals surface area contributed by atoms with E-state index in [1.54, 1.807) is 10.7 Å². The van der Waals surface area contributed by atoms with Crippen LogP contribution >= 0.6 is 27.3 Å². The molecule has 0 N–H and O–H groups in total. The summed E-state index contributed by atoms with van der Waals surface area (Å²) in [7, 11) is 0. The number of para-hydroxylation sites is 1. The molecule has 0 amide bonds. The molecule has 8 nitrogen and oxygen atoms in total. The highest BCUT2D eigenvalue weighted by molar-refractivity contribution is 9.10. The first kappa shape index (κ1) is 23.0. The summed E-state index contributed by atoms with van der Waals surface area (Å²) in [6, 6.07) is 16.7. The Morgan fingerprint density at radius 2 is 1.80 bits per heavy atom. The van der Waals surface area contributed by atoms with Crippen LogP contribution in [0.15, 0.2) is 74.5 Å². The minimum absolute atomic E-state index is 0.0252. The van der Waals surface area contributed by atoms with E-state index in [2.05, 4.69) is 21.0 Å². The molecule has 0 atom stereocenters. The molecule has 0 aliphatic carbocycles. The molecule has 5 rings (SSSR count). The van der Waals surface area contributed by atoms with Crippen LogP contribution in [0.5, 0.6) is 11.5 Å². The smallest absolute Gasteiger partial charge is 0.282 e. The highest BCUT2D eigenvalue weighted by Gasteiger charge is 2.23. The molecule has 2 heterocycles. The van der Waals surface area contributed by atoms with Gasteiger partial charge in [0, 0.05) is 15.4 Å². The van der Waals surface area contributed by atoms with Crippen molar-refractivity contribution in [2.24, 2.45) is 10.1 Å². The number of rotatable bonds is 5. The summed E-state index contributed by atoms with van der Waals surface area (Å²) < 4.78 is 13.3. The molecule has 0 saturated heterocycles. The summed E-state index contributed by atoms with van der Waals surface area (Å²) in [5.74, 6) is 0.788. The van der Waals surface area contributed by atoms with Gasteiger partial charge in [-0.2, -0.15) is 5.10 Å². The van der Waals surface area contributed by atoms with Crippen LogP contribution in [0.25, 0.3) is 11.3 Å². The summed E-state index contributed by atoms with van der Waals surface area (Å²) in [6.07, 6.45) is 1.46. The molecular formula is C25H19BrN4O4S. The second-order valence-corrected chi connectivity index (χ2v) is 9.50. The Kier molecular flexibility index (Phi) is 6.23. The SMILES string of the molecule is Cc1cccc(C)c1N=c1scc(-c2ccccc2Br)n1N=Cc1cc2c(cc1[N+](=O)[O-])OCO2. The number of hydrogen-bond acceptors (Lipinski definition) is 7. The second kappa shape index (κ2) is 9.47. The minimum Gasteiger partial charge on any atom is -0.454 e. The number of halogens is 1. The van der Waals surface area contributed by atoms with Gasteiger partial charge < -0.3 is 9.47 Å². The lowest BCUT2D eigenvalue weighted by Gasteiger charge is -2.07. The Bertz CT molecular complexity index is 1540. The van der Waals surface area contributed by atoms with Crippen molar-refractivity contribution in [3.05, 3.63) is 96.1 Å². The Hall–Kier alpha value is -3.76. The van der Waals surface area contributed by atoms with E-state index in [9.17, 15) is 10.1 Å². The number of hydrogen-bond donors (Lipinski definition) is 0. The molecule has 0 unspecified atom stereocenters. The molecule has 4 aromatic rings. The van der Waals surface area contributed by atoms with Crippen molar-refractivity contribution in [2.45, 2.75) is 13.8 Å². The van der Waals surface area contributed by atoms with Gasteiger partial charge in [-0.3, -0.25) is 10.1 Å². The van der Waals surface area contributed by atoms with Crippen molar-refractivity contribution in [1.29, 1.82) is 0 Å². The first-order chi connectivity index (χ1) is 16.9. The van der Waals surface area contributed by atoms with E-state index in [0.29, 0.717) is 21.9 Å². The van der Waals surface area contributed by atoms with E-state index in [1.165, 1.54) is 23.6 Å². The van der Waals surface area contributed by atoms with Gasteiger partial charge in [0.15, 0.2) is 11.5 Å². The summed E-state index contributed by atoms with van der Waals surface area (Å²) >= 11 is 5.06. The van der Waals surface area contributed by atoms with E-state index in [1.807, 2.05) is 61.7 Å². The van der Waals surface area contributed by atoms with Gasteiger partial charge in [-0.05, 0) is 37.1 Å². The zero-order chi connectivity index (χ0) is 24.5. The maximum Gasteiger partial charge on any atom is 0.282 e. The molecule has 1 aliphatic rings. The summed E-state index contributed by atoms with van der Waals surface area (Å²) in [6.45, 7) is 4.05. The summed E-state index contributed by atoms with van der Waals surface area (Å²) in [5.41, 5.74) is 4.85. The molecule has 176 valence electrons. The number of aromatic nitrogens is 1. The van der Waals surface area contributed by atoms with Crippen LogP contribution in [0.2, 0.25) is 0 Å². The molecule has 3 aromatic carbocycles. The van der Waals surface area contributed by atoms with Gasteiger partial charge in [-0.15, -0.1) is 11.3 Å². The summed E-state index contributed by atoms with van der Waals surface area (Å²) in [5, 5.41) is 18.4. The number of nitrogens with zero attached hydrogens (tertiary/aromatic N) is 4. The zero-order valence-electron chi connectivity index (χ0n) is 18.8. The Morgan fingerprint density at radius 1 is 1.09 bits per heavy atom. The van der Waals surface area contributed by atoms with Crippen LogP contribution in [-0.4, -0.2) is 22.6 Å². The van der Waals surface area contributed by atoms with Crippen molar-refractivity contribution in [3.63, 3.8) is 0 Å². The number of fused-ring (bicyclic) bond motifs is 1. The largest absolute Gasteiger partial charge is 0.454 e. The van der Waals surface area contributed by atoms with Crippen LogP contribution in [0.1, 0.15) is 16.7 Å². The van der Waals surface area contributed by atoms with Gasteiger partial charge >= 0.3 is 0 Å². The first-order valence-corrected chi connectivity index (χ1v) is 12.3. The molecule has 1 aromatic heterocycles. The Balaban J connectivity index is 1.70. The van der Waals surface area contributed by atoms with Gasteiger partial charge in [0.25, 0.3) is 5.69 Å². The van der Waals surface area contributed by atoms with Crippen LogP contribution in [0.4, 0.5) is 11.4 Å². The van der Waals surface area contributed by atoms with Gasteiger partial charge in [-0.25, -0.2) is 9.67 Å². The van der Waals surface area contributed by atoms with Crippen molar-refractivity contribution < 1.29 is 14.4 Å². The Morgan fingerprint density at radius 3 is 2.51 bits per heavy atom. The van der Waals surface area contributed by atoms with Crippen LogP contribution in [0, 0.1) is 24.0 Å². The van der Waals surface area contributed by atoms with Crippen LogP contribution in [0.3, 0.4) is 0 Å². The lowest BCUT2D eigenvalue weighted by molar-refractivity contribution is -0.385. The average Bonchev–Trinajstić information content (AvgIpc) is 3.46. The second-order valence-electron chi connectivity index (χ2n) is 7.81. The number of nitro benzene ring substituents is 1. The quantitative estimate of drug-likeness (QED) is 0.164. The lowest BCUT2D eigenvalue weighted by atomic mass is 10.1. The predicted molar refractivity (Wildman–Crippen MR) is 139 cm³/mol. The van der Waals surface area contributed by atoms with E-state index >= 15 is 0 Å². The predicted octanol–water partition coefficient (Wildman–Crippen LogP) is 6.35. The fourth-order valence-electron chi connectivity index (χ4n) is 3.75. The van der Waals surface area contributed by atoms with Gasteiger partial charge in [-0.1, -0.05) is 52.3 Å². The number of ether oxygens (including phenoxy) is 2. The van der Waals surface area contributed by atoms with Crippen molar-refractivity contribution in [1.82, 2.24) is 4.68 Å². The standard InChI is InChI=1S/C25H19BrN4O4S/c1-15-6-5-7-16(2)24(15)28-25-29(21(13-35-25)18-8-3-4-9-19(18)26)27-12-17-10-22-23(34-14-33-22)11-20(17)30(31)32/h3-13H,14H2,1-2H3. The number of benzene rings is 3. The van der Waals surface area contributed by atoms with Crippen molar-refractivity contribution in [3.8, 4) is 22.8 Å². The molecule has 0 fully saturated rings. The third kappa shape index (κ3) is 4.50. The van der Waals surface area contributed by atoms with E-state index in [-0.39, 0.29) is 12.5 Å². The highest BCUT2D eigenvalue weighted by atomic mass is 79.9. The third-order valence-corrected chi connectivity index (χ3v) is 7.02. The monoisotopic (exact) mass is 550 g/mol. The average molecular weight is 551 g/mol. The first-order valence-electron chi connectivity index (χ1n) is 10.6. The lowest BCUT2D eigenvalue weighted by Crippen LogP contribution is -2.12.